The maximum atomic E-state index is 14.8. The van der Waals surface area contributed by atoms with Gasteiger partial charge in [-0.15, -0.1) is 0 Å². The molecule has 0 aliphatic heterocycles. The van der Waals surface area contributed by atoms with E-state index in [4.69, 9.17) is 28.4 Å². The highest BCUT2D eigenvalue weighted by atomic mass is 16.5. The normalized spacial score (nSPS) is 11.1. The van der Waals surface area contributed by atoms with E-state index in [1.165, 1.54) is 154 Å². The monoisotopic (exact) mass is 1180 g/mol. The Balaban J connectivity index is 1.86. The van der Waals surface area contributed by atoms with Crippen molar-refractivity contribution in [2.75, 3.05) is 65.8 Å². The van der Waals surface area contributed by atoms with Crippen LogP contribution in [0.15, 0.2) is 54.6 Å². The molecule has 0 aromatic heterocycles. The Morgan fingerprint density at radius 2 is 0.518 bits per heavy atom. The second-order valence-electron chi connectivity index (χ2n) is 23.5. The number of ether oxygens (including phenoxy) is 6. The van der Waals surface area contributed by atoms with E-state index in [0.717, 1.165) is 77.0 Å². The number of rotatable bonds is 57. The zero-order chi connectivity index (χ0) is 61.1. The van der Waals surface area contributed by atoms with Crippen molar-refractivity contribution in [1.29, 1.82) is 0 Å². The van der Waals surface area contributed by atoms with Gasteiger partial charge >= 0.3 is 0 Å². The van der Waals surface area contributed by atoms with Gasteiger partial charge in [0.05, 0.1) is 39.6 Å². The van der Waals surface area contributed by atoms with Gasteiger partial charge in [0.25, 0.3) is 17.7 Å². The van der Waals surface area contributed by atoms with E-state index < -0.39 is 0 Å². The Bertz CT molecular complexity index is 2050. The summed E-state index contributed by atoms with van der Waals surface area (Å²) in [5.41, 5.74) is 1.34. The van der Waals surface area contributed by atoms with E-state index in [1.54, 1.807) is 41.3 Å². The zero-order valence-corrected chi connectivity index (χ0v) is 54.8. The molecule has 0 heterocycles. The van der Waals surface area contributed by atoms with Gasteiger partial charge in [-0.3, -0.25) is 14.4 Å². The lowest BCUT2D eigenvalue weighted by molar-refractivity contribution is 0.0742. The molecule has 3 aromatic rings. The molecule has 482 valence electrons. The van der Waals surface area contributed by atoms with Crippen molar-refractivity contribution in [3.05, 3.63) is 71.3 Å². The highest BCUT2D eigenvalue weighted by molar-refractivity contribution is 5.97. The van der Waals surface area contributed by atoms with Crippen molar-refractivity contribution in [2.45, 2.75) is 273 Å². The number of nitrogens with zero attached hydrogens (tertiary/aromatic N) is 1. The van der Waals surface area contributed by atoms with Gasteiger partial charge in [-0.25, -0.2) is 0 Å². The number of nitrogens with one attached hydrogen (secondary N) is 2. The zero-order valence-electron chi connectivity index (χ0n) is 54.8. The smallest absolute Gasteiger partial charge is 0.254 e. The number of unbranched alkanes of at least 4 members (excludes halogenated alkanes) is 30. The number of carbonyl (C=O) groups is 3. The van der Waals surface area contributed by atoms with Crippen molar-refractivity contribution >= 4 is 17.7 Å². The molecule has 0 saturated heterocycles. The lowest BCUT2D eigenvalue weighted by Gasteiger charge is -2.24. The Kier molecular flexibility index (Phi) is 44.4. The lowest BCUT2D eigenvalue weighted by atomic mass is 10.1. The van der Waals surface area contributed by atoms with Gasteiger partial charge in [0.1, 0.15) is 0 Å². The van der Waals surface area contributed by atoms with Crippen LogP contribution in [-0.4, -0.2) is 88.4 Å². The van der Waals surface area contributed by atoms with Crippen LogP contribution in [0, 0.1) is 0 Å². The third-order valence-electron chi connectivity index (χ3n) is 15.8. The third kappa shape index (κ3) is 34.7. The number of hydrogen-bond acceptors (Lipinski definition) is 9. The van der Waals surface area contributed by atoms with Crippen molar-refractivity contribution < 1.29 is 42.8 Å². The largest absolute Gasteiger partial charge is 0.490 e. The van der Waals surface area contributed by atoms with Crippen molar-refractivity contribution in [3.8, 4) is 34.5 Å². The first kappa shape index (κ1) is 74.1. The summed E-state index contributed by atoms with van der Waals surface area (Å²) in [7, 11) is 0. The summed E-state index contributed by atoms with van der Waals surface area (Å²) in [4.78, 5) is 44.5. The van der Waals surface area contributed by atoms with Crippen LogP contribution >= 0.6 is 0 Å². The SMILES string of the molecule is CCCCCCCCOc1ccc(C(=O)NCCN(CCNC(=O)c2ccc(OCCCCCCCC)c(OCCCCCCCC)c2)C(=O)c2ccc(OCCCCCCCC)c(OCCCCCCCC)c2)cc1OCCCCCCCC. The first-order valence-corrected chi connectivity index (χ1v) is 34.8. The first-order valence-electron chi connectivity index (χ1n) is 34.8. The van der Waals surface area contributed by atoms with Crippen LogP contribution < -0.4 is 39.1 Å². The Morgan fingerprint density at radius 1 is 0.294 bits per heavy atom. The molecule has 12 nitrogen and oxygen atoms in total. The minimum Gasteiger partial charge on any atom is -0.490 e. The molecule has 0 aliphatic rings. The molecule has 0 spiro atoms. The average molecular weight is 1180 g/mol. The summed E-state index contributed by atoms with van der Waals surface area (Å²) in [6.07, 6.45) is 41.5. The summed E-state index contributed by atoms with van der Waals surface area (Å²) < 4.78 is 38.0. The second kappa shape index (κ2) is 51.0. The highest BCUT2D eigenvalue weighted by Crippen LogP contribution is 2.32. The predicted octanol–water partition coefficient (Wildman–Crippen LogP) is 19.4. The van der Waals surface area contributed by atoms with Crippen LogP contribution in [0.25, 0.3) is 0 Å². The van der Waals surface area contributed by atoms with E-state index in [1.807, 2.05) is 18.2 Å². The topological polar surface area (TPSA) is 134 Å². The van der Waals surface area contributed by atoms with Crippen LogP contribution in [0.3, 0.4) is 0 Å². The average Bonchev–Trinajstić information content (AvgIpc) is 3.72. The summed E-state index contributed by atoms with van der Waals surface area (Å²) in [6, 6.07) is 16.3. The minimum absolute atomic E-state index is 0.170. The van der Waals surface area contributed by atoms with Gasteiger partial charge < -0.3 is 44.0 Å². The van der Waals surface area contributed by atoms with Crippen LogP contribution in [0.1, 0.15) is 304 Å². The molecule has 0 atom stereocenters. The van der Waals surface area contributed by atoms with Crippen LogP contribution in [0.4, 0.5) is 0 Å². The summed E-state index contributed by atoms with van der Waals surface area (Å²) in [5.74, 6) is 2.81. The molecule has 3 amide bonds. The van der Waals surface area contributed by atoms with E-state index >= 15 is 0 Å². The number of carbonyl (C=O) groups excluding carboxylic acids is 3. The quantitative estimate of drug-likeness (QED) is 0.0530. The van der Waals surface area contributed by atoms with Gasteiger partial charge in [-0.2, -0.15) is 0 Å². The molecule has 0 radical (unpaired) electrons. The minimum atomic E-state index is -0.279. The molecule has 2 N–H and O–H groups in total. The summed E-state index contributed by atoms with van der Waals surface area (Å²) in [6.45, 7) is 17.4. The van der Waals surface area contributed by atoms with Crippen molar-refractivity contribution in [1.82, 2.24) is 15.5 Å². The molecule has 0 bridgehead atoms. The summed E-state index contributed by atoms with van der Waals surface area (Å²) in [5, 5.41) is 6.17. The molecular weight excluding hydrogens is 1060 g/mol. The molecule has 12 heteroatoms. The van der Waals surface area contributed by atoms with Gasteiger partial charge in [0.15, 0.2) is 34.5 Å². The predicted molar refractivity (Wildman–Crippen MR) is 353 cm³/mol. The van der Waals surface area contributed by atoms with E-state index in [2.05, 4.69) is 52.2 Å². The molecule has 0 aliphatic carbocycles. The molecule has 85 heavy (non-hydrogen) atoms. The van der Waals surface area contributed by atoms with Crippen LogP contribution in [0.5, 0.6) is 34.5 Å². The fraction of sp³-hybridized carbons (Fsp3) is 0.712. The van der Waals surface area contributed by atoms with Crippen molar-refractivity contribution in [2.24, 2.45) is 0 Å². The standard InChI is InChI=1S/C73H121N3O9/c1-7-13-19-25-31-37-53-80-65-46-43-62(59-68(65)83-56-40-34-28-22-16-10-4)71(77)74-49-51-76(73(79)64-45-48-67(82-55-39-33-27-21-15-9-3)70(61-64)85-58-42-36-30-24-18-12-6)52-50-75-72(78)63-44-47-66(81-54-38-32-26-20-14-8-2)69(60-63)84-57-41-35-29-23-17-11-5/h43-48,59-61H,7-42,49-58H2,1-6H3,(H,74,77)(H,75,78). The highest BCUT2D eigenvalue weighted by Gasteiger charge is 2.21. The molecule has 3 aromatic carbocycles. The Hall–Kier alpha value is -5.13. The van der Waals surface area contributed by atoms with Crippen LogP contribution in [-0.2, 0) is 0 Å². The lowest BCUT2D eigenvalue weighted by Crippen LogP contribution is -2.42. The van der Waals surface area contributed by atoms with Gasteiger partial charge in [-0.1, -0.05) is 234 Å². The third-order valence-corrected chi connectivity index (χ3v) is 15.8. The molecule has 3 rings (SSSR count). The van der Waals surface area contributed by atoms with E-state index in [0.29, 0.717) is 90.8 Å². The first-order chi connectivity index (χ1) is 41.8. The Labute approximate surface area is 518 Å². The van der Waals surface area contributed by atoms with Gasteiger partial charge in [0, 0.05) is 42.9 Å². The molecule has 0 saturated carbocycles. The number of benzene rings is 3. The Morgan fingerprint density at radius 3 is 0.788 bits per heavy atom. The molecule has 0 unspecified atom stereocenters. The van der Waals surface area contributed by atoms with Gasteiger partial charge in [0.2, 0.25) is 0 Å². The number of hydrogen-bond donors (Lipinski definition) is 2. The fourth-order valence-electron chi connectivity index (χ4n) is 10.3. The molecular formula is C73H121N3O9. The second-order valence-corrected chi connectivity index (χ2v) is 23.5. The summed E-state index contributed by atoms with van der Waals surface area (Å²) >= 11 is 0. The van der Waals surface area contributed by atoms with Crippen LogP contribution in [0.2, 0.25) is 0 Å². The number of amides is 3. The maximum Gasteiger partial charge on any atom is 0.254 e. The van der Waals surface area contributed by atoms with Crippen molar-refractivity contribution in [3.63, 3.8) is 0 Å². The van der Waals surface area contributed by atoms with E-state index in [9.17, 15) is 14.4 Å². The van der Waals surface area contributed by atoms with E-state index in [-0.39, 0.29) is 43.9 Å². The molecule has 0 fully saturated rings. The maximum absolute atomic E-state index is 14.8. The van der Waals surface area contributed by atoms with Gasteiger partial charge in [-0.05, 0) is 93.1 Å². The fourth-order valence-corrected chi connectivity index (χ4v) is 10.3.